The molecule has 0 radical (unpaired) electrons. The maximum atomic E-state index is 5.67. The summed E-state index contributed by atoms with van der Waals surface area (Å²) in [6.45, 7) is 4.43. The van der Waals surface area contributed by atoms with Gasteiger partial charge in [0.1, 0.15) is 0 Å². The van der Waals surface area contributed by atoms with Gasteiger partial charge < -0.3 is 20.1 Å². The second-order valence-electron chi connectivity index (χ2n) is 4.47. The molecule has 0 bridgehead atoms. The molecule has 0 amide bonds. The van der Waals surface area contributed by atoms with Gasteiger partial charge in [-0.1, -0.05) is 6.07 Å². The van der Waals surface area contributed by atoms with Gasteiger partial charge in [-0.3, -0.25) is 0 Å². The number of rotatable bonds is 6. The van der Waals surface area contributed by atoms with Gasteiger partial charge in [0.2, 0.25) is 0 Å². The van der Waals surface area contributed by atoms with Crippen molar-refractivity contribution in [1.82, 2.24) is 10.6 Å². The number of nitrogens with one attached hydrogen (secondary N) is 2. The van der Waals surface area contributed by atoms with Gasteiger partial charge in [0.25, 0.3) is 0 Å². The fraction of sp³-hybridized carbons (Fsp3) is 0.571. The van der Waals surface area contributed by atoms with Gasteiger partial charge in [-0.15, -0.1) is 0 Å². The van der Waals surface area contributed by atoms with E-state index in [-0.39, 0.29) is 0 Å². The summed E-state index contributed by atoms with van der Waals surface area (Å²) in [7, 11) is 1.98. The quantitative estimate of drug-likeness (QED) is 0.752. The van der Waals surface area contributed by atoms with Crippen molar-refractivity contribution in [3.63, 3.8) is 0 Å². The van der Waals surface area contributed by atoms with Crippen LogP contribution in [-0.2, 0) is 6.54 Å². The lowest BCUT2D eigenvalue weighted by atomic mass is 10.2. The Kier molecular flexibility index (Phi) is 5.30. The Morgan fingerprint density at radius 2 is 1.94 bits per heavy atom. The van der Waals surface area contributed by atoms with Crippen LogP contribution in [0.1, 0.15) is 18.4 Å². The summed E-state index contributed by atoms with van der Waals surface area (Å²) in [6.07, 6.45) is 2.09. The van der Waals surface area contributed by atoms with E-state index in [0.29, 0.717) is 0 Å². The zero-order valence-corrected chi connectivity index (χ0v) is 11.0. The Balaban J connectivity index is 1.84. The van der Waals surface area contributed by atoms with Crippen LogP contribution in [0.2, 0.25) is 0 Å². The van der Waals surface area contributed by atoms with Crippen LogP contribution in [0.15, 0.2) is 18.2 Å². The second kappa shape index (κ2) is 7.24. The van der Waals surface area contributed by atoms with E-state index in [1.807, 2.05) is 13.1 Å². The molecule has 0 spiro atoms. The van der Waals surface area contributed by atoms with Crippen LogP contribution < -0.4 is 20.1 Å². The van der Waals surface area contributed by atoms with Crippen LogP contribution in [0.25, 0.3) is 0 Å². The number of fused-ring (bicyclic) bond motifs is 1. The molecule has 0 atom stereocenters. The van der Waals surface area contributed by atoms with E-state index >= 15 is 0 Å². The zero-order valence-electron chi connectivity index (χ0n) is 11.0. The summed E-state index contributed by atoms with van der Waals surface area (Å²) in [5, 5.41) is 6.56. The van der Waals surface area contributed by atoms with E-state index in [4.69, 9.17) is 9.47 Å². The predicted octanol–water partition coefficient (Wildman–Crippen LogP) is 1.55. The van der Waals surface area contributed by atoms with Crippen molar-refractivity contribution in [2.24, 2.45) is 0 Å². The number of ether oxygens (including phenoxy) is 2. The summed E-state index contributed by atoms with van der Waals surface area (Å²) in [6, 6.07) is 6.18. The maximum Gasteiger partial charge on any atom is 0.161 e. The minimum atomic E-state index is 0.742. The summed E-state index contributed by atoms with van der Waals surface area (Å²) < 4.78 is 11.3. The maximum absolute atomic E-state index is 5.67. The van der Waals surface area contributed by atoms with Gasteiger partial charge in [-0.05, 0) is 44.3 Å². The SMILES string of the molecule is CNCCCNCc1ccc2c(c1)OCCCO2. The van der Waals surface area contributed by atoms with Crippen LogP contribution >= 0.6 is 0 Å². The third-order valence-corrected chi connectivity index (χ3v) is 2.92. The van der Waals surface area contributed by atoms with Crippen molar-refractivity contribution in [1.29, 1.82) is 0 Å². The van der Waals surface area contributed by atoms with E-state index in [9.17, 15) is 0 Å². The molecule has 0 saturated heterocycles. The van der Waals surface area contributed by atoms with Gasteiger partial charge in [0.05, 0.1) is 13.2 Å². The highest BCUT2D eigenvalue weighted by atomic mass is 16.5. The Labute approximate surface area is 109 Å². The Bertz CT molecular complexity index is 369. The lowest BCUT2D eigenvalue weighted by Crippen LogP contribution is -2.19. The first-order chi connectivity index (χ1) is 8.90. The fourth-order valence-corrected chi connectivity index (χ4v) is 1.94. The molecule has 4 nitrogen and oxygen atoms in total. The van der Waals surface area contributed by atoms with Crippen LogP contribution in [0.4, 0.5) is 0 Å². The van der Waals surface area contributed by atoms with E-state index < -0.39 is 0 Å². The molecule has 0 fully saturated rings. The van der Waals surface area contributed by atoms with Gasteiger partial charge in [0, 0.05) is 13.0 Å². The fourth-order valence-electron chi connectivity index (χ4n) is 1.94. The Morgan fingerprint density at radius 3 is 2.78 bits per heavy atom. The molecule has 0 aliphatic carbocycles. The van der Waals surface area contributed by atoms with Crippen LogP contribution in [0, 0.1) is 0 Å². The number of benzene rings is 1. The zero-order chi connectivity index (χ0) is 12.6. The van der Waals surface area contributed by atoms with Crippen molar-refractivity contribution >= 4 is 0 Å². The monoisotopic (exact) mass is 250 g/mol. The third kappa shape index (κ3) is 3.89. The molecule has 0 aromatic heterocycles. The Hall–Kier alpha value is -1.26. The van der Waals surface area contributed by atoms with Gasteiger partial charge in [-0.2, -0.15) is 0 Å². The molecule has 18 heavy (non-hydrogen) atoms. The van der Waals surface area contributed by atoms with E-state index in [0.717, 1.165) is 57.2 Å². The first-order valence-electron chi connectivity index (χ1n) is 6.64. The topological polar surface area (TPSA) is 42.5 Å². The highest BCUT2D eigenvalue weighted by molar-refractivity contribution is 5.43. The average molecular weight is 250 g/mol. The molecular weight excluding hydrogens is 228 g/mol. The van der Waals surface area contributed by atoms with E-state index in [1.54, 1.807) is 0 Å². The molecule has 4 heteroatoms. The van der Waals surface area contributed by atoms with Crippen molar-refractivity contribution < 1.29 is 9.47 Å². The largest absolute Gasteiger partial charge is 0.490 e. The molecule has 100 valence electrons. The highest BCUT2D eigenvalue weighted by Gasteiger charge is 2.10. The molecule has 1 aliphatic heterocycles. The van der Waals surface area contributed by atoms with Crippen molar-refractivity contribution in [2.45, 2.75) is 19.4 Å². The highest BCUT2D eigenvalue weighted by Crippen LogP contribution is 2.30. The lowest BCUT2D eigenvalue weighted by molar-refractivity contribution is 0.297. The first kappa shape index (κ1) is 13.2. The molecule has 1 aromatic carbocycles. The van der Waals surface area contributed by atoms with Crippen molar-refractivity contribution in [3.05, 3.63) is 23.8 Å². The number of hydrogen-bond acceptors (Lipinski definition) is 4. The second-order valence-corrected chi connectivity index (χ2v) is 4.47. The summed E-state index contributed by atoms with van der Waals surface area (Å²) in [5.41, 5.74) is 1.24. The van der Waals surface area contributed by atoms with Crippen LogP contribution in [0.3, 0.4) is 0 Å². The Morgan fingerprint density at radius 1 is 1.11 bits per heavy atom. The normalized spacial score (nSPS) is 14.3. The van der Waals surface area contributed by atoms with Crippen molar-refractivity contribution in [3.8, 4) is 11.5 Å². The predicted molar refractivity (Wildman–Crippen MR) is 72.3 cm³/mol. The van der Waals surface area contributed by atoms with Gasteiger partial charge in [-0.25, -0.2) is 0 Å². The summed E-state index contributed by atoms with van der Waals surface area (Å²) in [4.78, 5) is 0. The molecular formula is C14H22N2O2. The van der Waals surface area contributed by atoms with Crippen molar-refractivity contribution in [2.75, 3.05) is 33.4 Å². The molecule has 0 saturated carbocycles. The molecule has 1 aliphatic rings. The molecule has 2 rings (SSSR count). The lowest BCUT2D eigenvalue weighted by Gasteiger charge is -2.10. The van der Waals surface area contributed by atoms with E-state index in [1.165, 1.54) is 5.56 Å². The molecule has 2 N–H and O–H groups in total. The molecule has 1 heterocycles. The minimum absolute atomic E-state index is 0.742. The third-order valence-electron chi connectivity index (χ3n) is 2.92. The summed E-state index contributed by atoms with van der Waals surface area (Å²) >= 11 is 0. The van der Waals surface area contributed by atoms with Gasteiger partial charge in [0.15, 0.2) is 11.5 Å². The minimum Gasteiger partial charge on any atom is -0.490 e. The summed E-state index contributed by atoms with van der Waals surface area (Å²) in [5.74, 6) is 1.74. The van der Waals surface area contributed by atoms with E-state index in [2.05, 4.69) is 22.8 Å². The number of hydrogen-bond donors (Lipinski definition) is 2. The van der Waals surface area contributed by atoms with Gasteiger partial charge >= 0.3 is 0 Å². The molecule has 0 unspecified atom stereocenters. The smallest absolute Gasteiger partial charge is 0.161 e. The first-order valence-corrected chi connectivity index (χ1v) is 6.64. The van der Waals surface area contributed by atoms with Crippen LogP contribution in [-0.4, -0.2) is 33.4 Å². The molecule has 1 aromatic rings. The van der Waals surface area contributed by atoms with Crippen LogP contribution in [0.5, 0.6) is 11.5 Å². The standard InChI is InChI=1S/C14H22N2O2/c1-15-6-2-7-16-11-12-4-5-13-14(10-12)18-9-3-8-17-13/h4-5,10,15-16H,2-3,6-9,11H2,1H3. The average Bonchev–Trinajstić information content (AvgIpc) is 2.63.